The summed E-state index contributed by atoms with van der Waals surface area (Å²) in [4.78, 5) is 10.6. The second-order valence-corrected chi connectivity index (χ2v) is 8.80. The molecule has 1 aromatic carbocycles. The summed E-state index contributed by atoms with van der Waals surface area (Å²) < 4.78 is 12.0. The first-order chi connectivity index (χ1) is 14.1. The van der Waals surface area contributed by atoms with E-state index in [0.717, 1.165) is 25.7 Å². The molecule has 3 aliphatic rings. The Labute approximate surface area is 172 Å². The van der Waals surface area contributed by atoms with E-state index in [4.69, 9.17) is 14.6 Å². The predicted octanol–water partition coefficient (Wildman–Crippen LogP) is 3.91. The number of carboxylic acid groups (broad SMARTS) is 1. The number of ether oxygens (including phenoxy) is 2. The first kappa shape index (κ1) is 20.6. The van der Waals surface area contributed by atoms with Crippen molar-refractivity contribution in [2.45, 2.75) is 81.9 Å². The Bertz CT molecular complexity index is 717. The largest absolute Gasteiger partial charge is 0.481 e. The SMILES string of the molecule is CC(c1ccccc1)C(O)CC[C@@H]1[C@H](C/C=C\CCCC(=O)O)[C@H]2O[C@@H]1[C@H]1O[C@H]12. The highest BCUT2D eigenvalue weighted by molar-refractivity contribution is 5.66. The topological polar surface area (TPSA) is 79.3 Å². The molecule has 2 unspecified atom stereocenters. The minimum Gasteiger partial charge on any atom is -0.481 e. The van der Waals surface area contributed by atoms with Gasteiger partial charge < -0.3 is 19.7 Å². The van der Waals surface area contributed by atoms with Gasteiger partial charge in [-0.1, -0.05) is 49.4 Å². The molecule has 0 amide bonds. The first-order valence-corrected chi connectivity index (χ1v) is 11.0. The van der Waals surface area contributed by atoms with Gasteiger partial charge in [-0.3, -0.25) is 4.79 Å². The molecule has 1 aromatic rings. The monoisotopic (exact) mass is 400 g/mol. The van der Waals surface area contributed by atoms with Crippen molar-refractivity contribution in [3.8, 4) is 0 Å². The number of carbonyl (C=O) groups is 1. The zero-order chi connectivity index (χ0) is 20.4. The molecule has 2 N–H and O–H groups in total. The molecule has 8 atom stereocenters. The smallest absolute Gasteiger partial charge is 0.303 e. The van der Waals surface area contributed by atoms with Crippen LogP contribution in [-0.4, -0.2) is 46.7 Å². The third-order valence-corrected chi connectivity index (χ3v) is 6.95. The van der Waals surface area contributed by atoms with Crippen LogP contribution in [0, 0.1) is 11.8 Å². The Morgan fingerprint density at radius 1 is 1.07 bits per heavy atom. The van der Waals surface area contributed by atoms with Crippen LogP contribution in [0.2, 0.25) is 0 Å². The number of aliphatic carboxylic acids is 1. The Morgan fingerprint density at radius 3 is 2.48 bits per heavy atom. The molecule has 29 heavy (non-hydrogen) atoms. The highest BCUT2D eigenvalue weighted by atomic mass is 16.7. The number of aliphatic hydroxyl groups excluding tert-OH is 1. The molecule has 5 heteroatoms. The molecular formula is C24H32O5. The normalized spacial score (nSPS) is 34.3. The van der Waals surface area contributed by atoms with E-state index >= 15 is 0 Å². The van der Waals surface area contributed by atoms with Crippen LogP contribution < -0.4 is 0 Å². The van der Waals surface area contributed by atoms with Crippen molar-refractivity contribution < 1.29 is 24.5 Å². The summed E-state index contributed by atoms with van der Waals surface area (Å²) in [6.07, 6.45) is 9.18. The average Bonchev–Trinajstić information content (AvgIpc) is 3.35. The number of carboxylic acids is 1. The molecule has 158 valence electrons. The van der Waals surface area contributed by atoms with E-state index in [9.17, 15) is 9.90 Å². The maximum Gasteiger partial charge on any atom is 0.303 e. The van der Waals surface area contributed by atoms with Crippen LogP contribution in [0.15, 0.2) is 42.5 Å². The van der Waals surface area contributed by atoms with Crippen molar-refractivity contribution in [2.75, 3.05) is 0 Å². The van der Waals surface area contributed by atoms with E-state index in [0.29, 0.717) is 18.3 Å². The van der Waals surface area contributed by atoms with Gasteiger partial charge in [-0.2, -0.15) is 0 Å². The molecule has 0 aromatic heterocycles. The van der Waals surface area contributed by atoms with E-state index in [2.05, 4.69) is 31.2 Å². The number of hydrogen-bond donors (Lipinski definition) is 2. The summed E-state index contributed by atoms with van der Waals surface area (Å²) in [6.45, 7) is 2.09. The van der Waals surface area contributed by atoms with Gasteiger partial charge in [-0.05, 0) is 49.5 Å². The van der Waals surface area contributed by atoms with Crippen molar-refractivity contribution in [3.05, 3.63) is 48.0 Å². The number of rotatable bonds is 11. The Balaban J connectivity index is 1.29. The van der Waals surface area contributed by atoms with Crippen LogP contribution in [0.4, 0.5) is 0 Å². The number of unbranched alkanes of at least 4 members (excludes halogenated alkanes) is 1. The number of epoxide rings is 1. The molecule has 0 aliphatic carbocycles. The van der Waals surface area contributed by atoms with Crippen LogP contribution in [0.3, 0.4) is 0 Å². The standard InChI is InChI=1S/C24H32O5/c1-15(16-9-5-4-6-10-16)19(25)14-13-18-17(11-7-2-3-8-12-20(26)27)21-23-24(29-23)22(18)28-21/h2,4-7,9-10,15,17-19,21-25H,3,8,11-14H2,1H3,(H,26,27)/b7-2-/t15?,17-,18+,19?,21+,22-,23-,24+/m0/s1. The zero-order valence-electron chi connectivity index (χ0n) is 17.0. The van der Waals surface area contributed by atoms with Crippen molar-refractivity contribution in [1.29, 1.82) is 0 Å². The molecule has 0 saturated carbocycles. The number of allylic oxidation sites excluding steroid dienone is 2. The van der Waals surface area contributed by atoms with E-state index in [-0.39, 0.29) is 42.9 Å². The number of aliphatic hydroxyl groups is 1. The van der Waals surface area contributed by atoms with Crippen molar-refractivity contribution in [2.24, 2.45) is 11.8 Å². The summed E-state index contributed by atoms with van der Waals surface area (Å²) in [5, 5.41) is 19.5. The second-order valence-electron chi connectivity index (χ2n) is 8.80. The summed E-state index contributed by atoms with van der Waals surface area (Å²) in [7, 11) is 0. The summed E-state index contributed by atoms with van der Waals surface area (Å²) in [5.41, 5.74) is 1.18. The molecule has 3 heterocycles. The molecule has 5 nitrogen and oxygen atoms in total. The molecule has 3 aliphatic heterocycles. The highest BCUT2D eigenvalue weighted by Gasteiger charge is 2.68. The summed E-state index contributed by atoms with van der Waals surface area (Å²) in [5.74, 6) is 0.233. The molecule has 0 spiro atoms. The van der Waals surface area contributed by atoms with Crippen LogP contribution in [-0.2, 0) is 14.3 Å². The lowest BCUT2D eigenvalue weighted by molar-refractivity contribution is -0.137. The fourth-order valence-electron chi connectivity index (χ4n) is 5.20. The molecule has 3 saturated heterocycles. The maximum atomic E-state index is 10.7. The first-order valence-electron chi connectivity index (χ1n) is 11.0. The second kappa shape index (κ2) is 8.99. The van der Waals surface area contributed by atoms with Crippen molar-refractivity contribution >= 4 is 5.97 Å². The van der Waals surface area contributed by atoms with Crippen molar-refractivity contribution in [3.63, 3.8) is 0 Å². The number of benzene rings is 1. The Hall–Kier alpha value is -1.69. The maximum absolute atomic E-state index is 10.7. The molecule has 2 bridgehead atoms. The highest BCUT2D eigenvalue weighted by Crippen LogP contribution is 2.56. The Kier molecular flexibility index (Phi) is 6.38. The predicted molar refractivity (Wildman–Crippen MR) is 110 cm³/mol. The van der Waals surface area contributed by atoms with Crippen LogP contribution in [0.1, 0.15) is 56.9 Å². The van der Waals surface area contributed by atoms with Gasteiger partial charge in [0.2, 0.25) is 0 Å². The lowest BCUT2D eigenvalue weighted by atomic mass is 9.74. The van der Waals surface area contributed by atoms with Gasteiger partial charge in [-0.15, -0.1) is 0 Å². The van der Waals surface area contributed by atoms with Crippen molar-refractivity contribution in [1.82, 2.24) is 0 Å². The summed E-state index contributed by atoms with van der Waals surface area (Å²) in [6, 6.07) is 10.2. The average molecular weight is 401 g/mol. The van der Waals surface area contributed by atoms with E-state index < -0.39 is 5.97 Å². The Morgan fingerprint density at radius 2 is 1.76 bits per heavy atom. The molecule has 4 rings (SSSR count). The fraction of sp³-hybridized carbons (Fsp3) is 0.625. The molecule has 0 radical (unpaired) electrons. The molecule has 3 fully saturated rings. The number of fused-ring (bicyclic) bond motifs is 5. The van der Waals surface area contributed by atoms with Gasteiger partial charge in [-0.25, -0.2) is 0 Å². The third-order valence-electron chi connectivity index (χ3n) is 6.95. The third kappa shape index (κ3) is 4.57. The van der Waals surface area contributed by atoms with Gasteiger partial charge in [0, 0.05) is 12.3 Å². The van der Waals surface area contributed by atoms with Gasteiger partial charge in [0.1, 0.15) is 12.2 Å². The van der Waals surface area contributed by atoms with Gasteiger partial charge in [0.05, 0.1) is 18.3 Å². The van der Waals surface area contributed by atoms with E-state index in [1.165, 1.54) is 5.56 Å². The van der Waals surface area contributed by atoms with Gasteiger partial charge >= 0.3 is 5.97 Å². The van der Waals surface area contributed by atoms with Gasteiger partial charge in [0.25, 0.3) is 0 Å². The summed E-state index contributed by atoms with van der Waals surface area (Å²) >= 11 is 0. The lowest BCUT2D eigenvalue weighted by Crippen LogP contribution is -2.33. The van der Waals surface area contributed by atoms with E-state index in [1.807, 2.05) is 18.2 Å². The van der Waals surface area contributed by atoms with Gasteiger partial charge in [0.15, 0.2) is 0 Å². The molecular weight excluding hydrogens is 368 g/mol. The quantitative estimate of drug-likeness (QED) is 0.334. The van der Waals surface area contributed by atoms with E-state index in [1.54, 1.807) is 0 Å². The van der Waals surface area contributed by atoms with Crippen LogP contribution in [0.25, 0.3) is 0 Å². The zero-order valence-corrected chi connectivity index (χ0v) is 17.0. The van der Waals surface area contributed by atoms with Crippen LogP contribution in [0.5, 0.6) is 0 Å². The minimum absolute atomic E-state index is 0.119. The minimum atomic E-state index is -0.736. The van der Waals surface area contributed by atoms with Crippen LogP contribution >= 0.6 is 0 Å². The number of hydrogen-bond acceptors (Lipinski definition) is 4. The fourth-order valence-corrected chi connectivity index (χ4v) is 5.20. The lowest BCUT2D eigenvalue weighted by Gasteiger charge is -2.27.